The highest BCUT2D eigenvalue weighted by Gasteiger charge is 2.35. The van der Waals surface area contributed by atoms with E-state index >= 15 is 0 Å². The van der Waals surface area contributed by atoms with Gasteiger partial charge in [0.2, 0.25) is 0 Å². The van der Waals surface area contributed by atoms with E-state index in [0.29, 0.717) is 24.5 Å². The fourth-order valence-corrected chi connectivity index (χ4v) is 4.15. The molecule has 176 valence electrons. The number of hydrogen-bond donors (Lipinski definition) is 0. The second-order valence-electron chi connectivity index (χ2n) is 8.28. The van der Waals surface area contributed by atoms with E-state index in [4.69, 9.17) is 9.47 Å². The lowest BCUT2D eigenvalue weighted by molar-refractivity contribution is -0.134. The molecule has 0 N–H and O–H groups in total. The van der Waals surface area contributed by atoms with E-state index in [1.807, 2.05) is 54.4 Å². The number of likely N-dealkylation sites (N-methyl/N-ethyl adjacent to an activating group) is 1. The number of rotatable bonds is 8. The molecule has 1 heterocycles. The summed E-state index contributed by atoms with van der Waals surface area (Å²) in [5.74, 6) is 0.846. The van der Waals surface area contributed by atoms with Crippen molar-refractivity contribution in [2.75, 3.05) is 27.8 Å². The molecular weight excluding hydrogens is 433 g/mol. The van der Waals surface area contributed by atoms with Gasteiger partial charge in [0.05, 0.1) is 32.5 Å². The molecule has 0 aliphatic carbocycles. The SMILES string of the molecule is COc1ccc([C@@H]2CC(c3ccc(F)cc3)=NN2C(=O)CN(C)Cc2ccccc2)c(OC)c1. The second kappa shape index (κ2) is 10.5. The molecule has 1 atom stereocenters. The fourth-order valence-electron chi connectivity index (χ4n) is 4.15. The summed E-state index contributed by atoms with van der Waals surface area (Å²) in [6.45, 7) is 0.843. The number of hydrogen-bond acceptors (Lipinski definition) is 5. The number of nitrogens with zero attached hydrogens (tertiary/aromatic N) is 3. The number of ether oxygens (including phenoxy) is 2. The van der Waals surface area contributed by atoms with E-state index in [2.05, 4.69) is 5.10 Å². The summed E-state index contributed by atoms with van der Waals surface area (Å²) in [5, 5.41) is 6.22. The Morgan fingerprint density at radius 3 is 2.47 bits per heavy atom. The predicted octanol–water partition coefficient (Wildman–Crippen LogP) is 4.65. The summed E-state index contributed by atoms with van der Waals surface area (Å²) in [7, 11) is 5.10. The van der Waals surface area contributed by atoms with Crippen LogP contribution in [-0.4, -0.2) is 49.3 Å². The lowest BCUT2D eigenvalue weighted by Crippen LogP contribution is -2.36. The minimum absolute atomic E-state index is 0.126. The molecule has 34 heavy (non-hydrogen) atoms. The van der Waals surface area contributed by atoms with Crippen molar-refractivity contribution in [2.24, 2.45) is 5.10 Å². The Morgan fingerprint density at radius 1 is 1.06 bits per heavy atom. The lowest BCUT2D eigenvalue weighted by Gasteiger charge is -2.26. The zero-order valence-corrected chi connectivity index (χ0v) is 19.6. The number of carbonyl (C=O) groups excluding carboxylic acids is 1. The van der Waals surface area contributed by atoms with Crippen molar-refractivity contribution in [2.45, 2.75) is 19.0 Å². The van der Waals surface area contributed by atoms with Gasteiger partial charge in [-0.05, 0) is 42.4 Å². The van der Waals surface area contributed by atoms with Crippen molar-refractivity contribution >= 4 is 11.6 Å². The van der Waals surface area contributed by atoms with Crippen LogP contribution in [0.4, 0.5) is 4.39 Å². The van der Waals surface area contributed by atoms with Crippen LogP contribution < -0.4 is 9.47 Å². The molecule has 0 unspecified atom stereocenters. The molecule has 0 aromatic heterocycles. The Balaban J connectivity index is 1.62. The first-order valence-corrected chi connectivity index (χ1v) is 11.1. The maximum absolute atomic E-state index is 13.5. The van der Waals surface area contributed by atoms with Crippen LogP contribution in [-0.2, 0) is 11.3 Å². The van der Waals surface area contributed by atoms with Crippen molar-refractivity contribution < 1.29 is 18.7 Å². The molecule has 1 aliphatic heterocycles. The average molecular weight is 462 g/mol. The maximum atomic E-state index is 13.5. The lowest BCUT2D eigenvalue weighted by atomic mass is 9.97. The van der Waals surface area contributed by atoms with Gasteiger partial charge in [-0.25, -0.2) is 9.40 Å². The Labute approximate surface area is 199 Å². The average Bonchev–Trinajstić information content (AvgIpc) is 3.30. The number of benzene rings is 3. The van der Waals surface area contributed by atoms with Crippen molar-refractivity contribution in [3.8, 4) is 11.5 Å². The quantitative estimate of drug-likeness (QED) is 0.490. The van der Waals surface area contributed by atoms with E-state index in [9.17, 15) is 9.18 Å². The van der Waals surface area contributed by atoms with Crippen molar-refractivity contribution in [3.63, 3.8) is 0 Å². The molecule has 7 heteroatoms. The maximum Gasteiger partial charge on any atom is 0.257 e. The largest absolute Gasteiger partial charge is 0.497 e. The minimum Gasteiger partial charge on any atom is -0.497 e. The van der Waals surface area contributed by atoms with E-state index in [-0.39, 0.29) is 24.3 Å². The molecule has 0 saturated carbocycles. The number of amides is 1. The highest BCUT2D eigenvalue weighted by atomic mass is 19.1. The van der Waals surface area contributed by atoms with Crippen LogP contribution in [0.15, 0.2) is 77.9 Å². The van der Waals surface area contributed by atoms with E-state index < -0.39 is 0 Å². The molecule has 4 rings (SSSR count). The van der Waals surface area contributed by atoms with E-state index in [1.165, 1.54) is 17.1 Å². The standard InChI is InChI=1S/C27H28FN3O3/c1-30(17-19-7-5-4-6-8-19)18-27(32)31-25(23-14-13-22(33-2)15-26(23)34-3)16-24(29-31)20-9-11-21(28)12-10-20/h4-15,25H,16-18H2,1-3H3/t25-/m0/s1. The van der Waals surface area contributed by atoms with Crippen LogP contribution in [0.3, 0.4) is 0 Å². The summed E-state index contributed by atoms with van der Waals surface area (Å²) >= 11 is 0. The number of carbonyl (C=O) groups is 1. The highest BCUT2D eigenvalue weighted by Crippen LogP contribution is 2.39. The van der Waals surface area contributed by atoms with Gasteiger partial charge in [-0.15, -0.1) is 0 Å². The van der Waals surface area contributed by atoms with Crippen molar-refractivity contribution in [1.29, 1.82) is 0 Å². The van der Waals surface area contributed by atoms with Gasteiger partial charge in [0, 0.05) is 24.6 Å². The van der Waals surface area contributed by atoms with Gasteiger partial charge in [0.25, 0.3) is 5.91 Å². The minimum atomic E-state index is -0.349. The van der Waals surface area contributed by atoms with Gasteiger partial charge in [0.15, 0.2) is 0 Å². The molecule has 0 spiro atoms. The van der Waals surface area contributed by atoms with Gasteiger partial charge in [0.1, 0.15) is 17.3 Å². The van der Waals surface area contributed by atoms with Crippen LogP contribution in [0.5, 0.6) is 11.5 Å². The third-order valence-electron chi connectivity index (χ3n) is 5.84. The molecule has 3 aromatic rings. The second-order valence-corrected chi connectivity index (χ2v) is 8.28. The number of hydrazone groups is 1. The summed E-state index contributed by atoms with van der Waals surface area (Å²) < 4.78 is 24.4. The Bertz CT molecular complexity index is 1170. The first-order chi connectivity index (χ1) is 16.5. The Morgan fingerprint density at radius 2 is 1.79 bits per heavy atom. The van der Waals surface area contributed by atoms with Gasteiger partial charge < -0.3 is 9.47 Å². The zero-order valence-electron chi connectivity index (χ0n) is 19.6. The fraction of sp³-hybridized carbons (Fsp3) is 0.259. The summed E-state index contributed by atoms with van der Waals surface area (Å²) in [6.07, 6.45) is 0.489. The predicted molar refractivity (Wildman–Crippen MR) is 129 cm³/mol. The molecular formula is C27H28FN3O3. The van der Waals surface area contributed by atoms with Crippen LogP contribution in [0.1, 0.15) is 29.2 Å². The first kappa shape index (κ1) is 23.4. The summed E-state index contributed by atoms with van der Waals surface area (Å²) in [5.41, 5.74) is 3.47. The number of methoxy groups -OCH3 is 2. The van der Waals surface area contributed by atoms with E-state index in [0.717, 1.165) is 22.4 Å². The molecule has 0 radical (unpaired) electrons. The van der Waals surface area contributed by atoms with Gasteiger partial charge in [-0.3, -0.25) is 9.69 Å². The molecule has 1 aliphatic rings. The summed E-state index contributed by atoms with van der Waals surface area (Å²) in [4.78, 5) is 15.4. The third kappa shape index (κ3) is 5.26. The topological polar surface area (TPSA) is 54.4 Å². The van der Waals surface area contributed by atoms with Gasteiger partial charge in [-0.1, -0.05) is 42.5 Å². The zero-order chi connectivity index (χ0) is 24.1. The summed E-state index contributed by atoms with van der Waals surface area (Å²) in [6, 6.07) is 21.4. The monoisotopic (exact) mass is 461 g/mol. The third-order valence-corrected chi connectivity index (χ3v) is 5.84. The van der Waals surface area contributed by atoms with Crippen LogP contribution in [0.25, 0.3) is 0 Å². The van der Waals surface area contributed by atoms with Crippen LogP contribution in [0, 0.1) is 5.82 Å². The molecule has 1 amide bonds. The van der Waals surface area contributed by atoms with Crippen LogP contribution in [0.2, 0.25) is 0 Å². The van der Waals surface area contributed by atoms with Crippen molar-refractivity contribution in [1.82, 2.24) is 9.91 Å². The van der Waals surface area contributed by atoms with Gasteiger partial charge in [-0.2, -0.15) is 5.10 Å². The van der Waals surface area contributed by atoms with Crippen LogP contribution >= 0.6 is 0 Å². The molecule has 0 saturated heterocycles. The van der Waals surface area contributed by atoms with Crippen molar-refractivity contribution in [3.05, 3.63) is 95.3 Å². The first-order valence-electron chi connectivity index (χ1n) is 11.1. The van der Waals surface area contributed by atoms with E-state index in [1.54, 1.807) is 32.4 Å². The smallest absolute Gasteiger partial charge is 0.257 e. The Hall–Kier alpha value is -3.71. The van der Waals surface area contributed by atoms with Gasteiger partial charge >= 0.3 is 0 Å². The molecule has 6 nitrogen and oxygen atoms in total. The number of halogens is 1. The molecule has 0 bridgehead atoms. The molecule has 0 fully saturated rings. The normalized spacial score (nSPS) is 15.4. The highest BCUT2D eigenvalue weighted by molar-refractivity contribution is 6.03. The Kier molecular flexibility index (Phi) is 7.23. The molecule has 3 aromatic carbocycles.